The van der Waals surface area contributed by atoms with E-state index in [1.165, 1.54) is 0 Å². The summed E-state index contributed by atoms with van der Waals surface area (Å²) in [7, 11) is 0. The lowest BCUT2D eigenvalue weighted by atomic mass is 10.1. The van der Waals surface area contributed by atoms with Crippen molar-refractivity contribution in [2.45, 2.75) is 26.4 Å². The molecule has 0 fully saturated rings. The van der Waals surface area contributed by atoms with Gasteiger partial charge in [0, 0.05) is 18.5 Å². The average Bonchev–Trinajstić information content (AvgIpc) is 2.82. The summed E-state index contributed by atoms with van der Waals surface area (Å²) in [4.78, 5) is 11.9. The number of aliphatic hydroxyl groups excluding tert-OH is 1. The highest BCUT2D eigenvalue weighted by molar-refractivity contribution is 5.94. The van der Waals surface area contributed by atoms with E-state index in [1.54, 1.807) is 6.07 Å². The van der Waals surface area contributed by atoms with E-state index in [0.717, 1.165) is 17.7 Å². The van der Waals surface area contributed by atoms with Crippen LogP contribution in [0.2, 0.25) is 0 Å². The fourth-order valence-electron chi connectivity index (χ4n) is 1.86. The fraction of sp³-hybridized carbons (Fsp3) is 0.500. The number of rotatable bonds is 4. The number of fused-ring (bicyclic) bond motifs is 1. The molecular formula is C14H19NO3. The van der Waals surface area contributed by atoms with Crippen molar-refractivity contribution in [1.82, 2.24) is 5.32 Å². The van der Waals surface area contributed by atoms with E-state index in [9.17, 15) is 9.90 Å². The van der Waals surface area contributed by atoms with Crippen LogP contribution in [0.5, 0.6) is 5.75 Å². The van der Waals surface area contributed by atoms with Crippen LogP contribution in [0.15, 0.2) is 18.2 Å². The summed E-state index contributed by atoms with van der Waals surface area (Å²) >= 11 is 0. The Morgan fingerprint density at radius 2 is 2.28 bits per heavy atom. The van der Waals surface area contributed by atoms with Gasteiger partial charge in [-0.15, -0.1) is 0 Å². The van der Waals surface area contributed by atoms with Crippen molar-refractivity contribution in [3.63, 3.8) is 0 Å². The van der Waals surface area contributed by atoms with Crippen molar-refractivity contribution in [2.75, 3.05) is 13.2 Å². The van der Waals surface area contributed by atoms with Crippen LogP contribution in [0.25, 0.3) is 0 Å². The van der Waals surface area contributed by atoms with Crippen LogP contribution in [0.4, 0.5) is 0 Å². The Balaban J connectivity index is 1.97. The standard InChI is InChI=1S/C14H19NO3/c1-9(2)12(16)8-15-14(17)11-3-4-13-10(7-11)5-6-18-13/h3-4,7,9,12,16H,5-6,8H2,1-2H3,(H,15,17). The van der Waals surface area contributed by atoms with E-state index >= 15 is 0 Å². The van der Waals surface area contributed by atoms with Crippen LogP contribution in [0.3, 0.4) is 0 Å². The van der Waals surface area contributed by atoms with Gasteiger partial charge in [0.05, 0.1) is 12.7 Å². The van der Waals surface area contributed by atoms with Crippen molar-refractivity contribution in [2.24, 2.45) is 5.92 Å². The first-order chi connectivity index (χ1) is 8.58. The minimum atomic E-state index is -0.508. The molecule has 1 aliphatic heterocycles. The minimum absolute atomic E-state index is 0.138. The predicted molar refractivity (Wildman–Crippen MR) is 68.8 cm³/mol. The quantitative estimate of drug-likeness (QED) is 0.847. The van der Waals surface area contributed by atoms with Crippen LogP contribution in [0, 0.1) is 5.92 Å². The fourth-order valence-corrected chi connectivity index (χ4v) is 1.86. The third-order valence-corrected chi connectivity index (χ3v) is 3.19. The van der Waals surface area contributed by atoms with Crippen LogP contribution >= 0.6 is 0 Å². The van der Waals surface area contributed by atoms with Gasteiger partial charge in [0.25, 0.3) is 5.91 Å². The third-order valence-electron chi connectivity index (χ3n) is 3.19. The molecule has 2 N–H and O–H groups in total. The lowest BCUT2D eigenvalue weighted by Gasteiger charge is -2.15. The molecule has 4 heteroatoms. The molecule has 18 heavy (non-hydrogen) atoms. The average molecular weight is 249 g/mol. The molecule has 0 saturated heterocycles. The Kier molecular flexibility index (Phi) is 3.87. The second-order valence-corrected chi connectivity index (χ2v) is 4.94. The lowest BCUT2D eigenvalue weighted by molar-refractivity contribution is 0.0871. The third kappa shape index (κ3) is 2.82. The molecule has 0 spiro atoms. The highest BCUT2D eigenvalue weighted by Gasteiger charge is 2.16. The Morgan fingerprint density at radius 3 is 3.00 bits per heavy atom. The molecule has 1 amide bonds. The molecule has 1 unspecified atom stereocenters. The molecular weight excluding hydrogens is 230 g/mol. The summed E-state index contributed by atoms with van der Waals surface area (Å²) in [5.41, 5.74) is 1.70. The number of aliphatic hydroxyl groups is 1. The van der Waals surface area contributed by atoms with Crippen molar-refractivity contribution in [3.05, 3.63) is 29.3 Å². The molecule has 1 atom stereocenters. The molecule has 2 rings (SSSR count). The van der Waals surface area contributed by atoms with E-state index in [4.69, 9.17) is 4.74 Å². The van der Waals surface area contributed by atoms with Crippen LogP contribution in [-0.2, 0) is 6.42 Å². The van der Waals surface area contributed by atoms with Crippen molar-refractivity contribution in [1.29, 1.82) is 0 Å². The van der Waals surface area contributed by atoms with Gasteiger partial charge in [-0.25, -0.2) is 0 Å². The van der Waals surface area contributed by atoms with Gasteiger partial charge in [-0.1, -0.05) is 13.8 Å². The molecule has 4 nitrogen and oxygen atoms in total. The van der Waals surface area contributed by atoms with Gasteiger partial charge in [-0.05, 0) is 29.7 Å². The summed E-state index contributed by atoms with van der Waals surface area (Å²) in [5.74, 6) is 0.858. The first-order valence-electron chi connectivity index (χ1n) is 6.30. The maximum absolute atomic E-state index is 11.9. The van der Waals surface area contributed by atoms with Crippen LogP contribution < -0.4 is 10.1 Å². The first-order valence-corrected chi connectivity index (χ1v) is 6.30. The molecule has 1 aromatic rings. The zero-order valence-electron chi connectivity index (χ0n) is 10.8. The Morgan fingerprint density at radius 1 is 1.50 bits per heavy atom. The van der Waals surface area contributed by atoms with E-state index in [1.807, 2.05) is 26.0 Å². The number of hydrogen-bond donors (Lipinski definition) is 2. The van der Waals surface area contributed by atoms with Gasteiger partial charge in [0.1, 0.15) is 5.75 Å². The number of carbonyl (C=O) groups excluding carboxylic acids is 1. The van der Waals surface area contributed by atoms with Gasteiger partial charge in [-0.3, -0.25) is 4.79 Å². The minimum Gasteiger partial charge on any atom is -0.493 e. The maximum Gasteiger partial charge on any atom is 0.251 e. The van der Waals surface area contributed by atoms with Gasteiger partial charge < -0.3 is 15.2 Å². The van der Waals surface area contributed by atoms with Crippen LogP contribution in [-0.4, -0.2) is 30.3 Å². The van der Waals surface area contributed by atoms with Gasteiger partial charge in [0.2, 0.25) is 0 Å². The number of amides is 1. The molecule has 0 bridgehead atoms. The normalized spacial score (nSPS) is 15.1. The maximum atomic E-state index is 11.9. The molecule has 0 aliphatic carbocycles. The highest BCUT2D eigenvalue weighted by Crippen LogP contribution is 2.25. The molecule has 1 heterocycles. The number of carbonyl (C=O) groups is 1. The van der Waals surface area contributed by atoms with E-state index < -0.39 is 6.10 Å². The number of hydrogen-bond acceptors (Lipinski definition) is 3. The molecule has 0 saturated carbocycles. The monoisotopic (exact) mass is 249 g/mol. The van der Waals surface area contributed by atoms with E-state index in [-0.39, 0.29) is 18.4 Å². The summed E-state index contributed by atoms with van der Waals surface area (Å²) < 4.78 is 5.39. The van der Waals surface area contributed by atoms with Gasteiger partial charge >= 0.3 is 0 Å². The van der Waals surface area contributed by atoms with Crippen molar-refractivity contribution >= 4 is 5.91 Å². The molecule has 98 valence electrons. The second-order valence-electron chi connectivity index (χ2n) is 4.94. The molecule has 1 aromatic carbocycles. The second kappa shape index (κ2) is 5.40. The summed E-state index contributed by atoms with van der Waals surface area (Å²) in [6.45, 7) is 4.81. The molecule has 1 aliphatic rings. The topological polar surface area (TPSA) is 58.6 Å². The number of benzene rings is 1. The SMILES string of the molecule is CC(C)C(O)CNC(=O)c1ccc2c(c1)CCO2. The number of nitrogens with one attached hydrogen (secondary N) is 1. The van der Waals surface area contributed by atoms with E-state index in [0.29, 0.717) is 12.2 Å². The summed E-state index contributed by atoms with van der Waals surface area (Å²) in [6, 6.07) is 5.44. The molecule has 0 aromatic heterocycles. The smallest absolute Gasteiger partial charge is 0.251 e. The zero-order chi connectivity index (χ0) is 13.1. The number of ether oxygens (including phenoxy) is 1. The highest BCUT2D eigenvalue weighted by atomic mass is 16.5. The molecule has 0 radical (unpaired) electrons. The van der Waals surface area contributed by atoms with E-state index in [2.05, 4.69) is 5.32 Å². The lowest BCUT2D eigenvalue weighted by Crippen LogP contribution is -2.34. The van der Waals surface area contributed by atoms with Crippen molar-refractivity contribution in [3.8, 4) is 5.75 Å². The summed E-state index contributed by atoms with van der Waals surface area (Å²) in [5, 5.41) is 12.4. The zero-order valence-corrected chi connectivity index (χ0v) is 10.8. The first kappa shape index (κ1) is 12.9. The van der Waals surface area contributed by atoms with Crippen molar-refractivity contribution < 1.29 is 14.6 Å². The Labute approximate surface area is 107 Å². The summed E-state index contributed by atoms with van der Waals surface area (Å²) in [6.07, 6.45) is 0.345. The van der Waals surface area contributed by atoms with Gasteiger partial charge in [-0.2, -0.15) is 0 Å². The largest absolute Gasteiger partial charge is 0.493 e. The Hall–Kier alpha value is -1.55. The van der Waals surface area contributed by atoms with Gasteiger partial charge in [0.15, 0.2) is 0 Å². The predicted octanol–water partition coefficient (Wildman–Crippen LogP) is 1.37. The van der Waals surface area contributed by atoms with Crippen LogP contribution in [0.1, 0.15) is 29.8 Å². The Bertz CT molecular complexity index is 443.